The van der Waals surface area contributed by atoms with Gasteiger partial charge >= 0.3 is 0 Å². The van der Waals surface area contributed by atoms with Gasteiger partial charge in [0.25, 0.3) is 5.91 Å². The van der Waals surface area contributed by atoms with E-state index in [9.17, 15) is 18.8 Å². The fraction of sp³-hybridized carbons (Fsp3) is 0.258. The number of fused-ring (bicyclic) bond motifs is 3. The van der Waals surface area contributed by atoms with E-state index in [0.29, 0.717) is 40.1 Å². The highest BCUT2D eigenvalue weighted by atomic mass is 32.2. The topological polar surface area (TPSA) is 112 Å². The summed E-state index contributed by atoms with van der Waals surface area (Å²) in [5, 5.41) is 5.56. The number of carbonyl (C=O) groups excluding carboxylic acids is 3. The van der Waals surface area contributed by atoms with Gasteiger partial charge in [0.05, 0.1) is 18.0 Å². The van der Waals surface area contributed by atoms with Crippen LogP contribution in [0.5, 0.6) is 5.75 Å². The molecule has 5 rings (SSSR count). The van der Waals surface area contributed by atoms with Crippen molar-refractivity contribution in [1.82, 2.24) is 10.2 Å². The van der Waals surface area contributed by atoms with Crippen molar-refractivity contribution in [2.75, 3.05) is 12.4 Å². The van der Waals surface area contributed by atoms with Crippen LogP contribution >= 0.6 is 11.8 Å². The van der Waals surface area contributed by atoms with Crippen LogP contribution in [0.4, 0.5) is 15.8 Å². The zero-order valence-corrected chi connectivity index (χ0v) is 24.0. The van der Waals surface area contributed by atoms with Gasteiger partial charge in [-0.3, -0.25) is 19.4 Å². The third kappa shape index (κ3) is 6.52. The molecular weight excluding hydrogens is 557 g/mol. The van der Waals surface area contributed by atoms with Crippen LogP contribution in [0.2, 0.25) is 0 Å². The molecule has 2 atom stereocenters. The van der Waals surface area contributed by atoms with Crippen molar-refractivity contribution >= 4 is 51.9 Å². The summed E-state index contributed by atoms with van der Waals surface area (Å²) in [6.45, 7) is 2.16. The number of amidine groups is 2. The molecule has 2 aliphatic heterocycles. The monoisotopic (exact) mass is 587 g/mol. The first-order valence-electron chi connectivity index (χ1n) is 13.6. The summed E-state index contributed by atoms with van der Waals surface area (Å²) in [4.78, 5) is 50.3. The lowest BCUT2D eigenvalue weighted by Gasteiger charge is -2.27. The summed E-state index contributed by atoms with van der Waals surface area (Å²) < 4.78 is 18.4. The Balaban J connectivity index is 1.28. The Bertz CT molecular complexity index is 1560. The van der Waals surface area contributed by atoms with Crippen LogP contribution in [0.3, 0.4) is 0 Å². The molecule has 2 aliphatic rings. The minimum absolute atomic E-state index is 0.0873. The number of nitrogens with zero attached hydrogens (tertiary/aromatic N) is 3. The van der Waals surface area contributed by atoms with Gasteiger partial charge in [-0.25, -0.2) is 14.3 Å². The molecule has 3 amide bonds. The molecule has 0 aliphatic carbocycles. The van der Waals surface area contributed by atoms with Gasteiger partial charge in [-0.15, -0.1) is 0 Å². The lowest BCUT2D eigenvalue weighted by atomic mass is 10.1. The number of methoxy groups -OCH3 is 1. The standard InChI is InChI=1S/C31H30FN5O4S/c1-3-26(29(39)34-21-7-6-8-22(17-21)41-2)42-31-36-24-10-5-4-9-23(24)28-35-25(30(40)37(28)31)15-16-27(38)33-18-19-11-13-20(32)14-12-19/h4-14,17,25-26H,3,15-16,18H2,1-2H3,(H,33,38)(H,34,39). The summed E-state index contributed by atoms with van der Waals surface area (Å²) >= 11 is 1.20. The number of rotatable bonds is 10. The maximum Gasteiger partial charge on any atom is 0.259 e. The minimum atomic E-state index is -0.765. The van der Waals surface area contributed by atoms with Gasteiger partial charge in [0, 0.05) is 30.3 Å². The van der Waals surface area contributed by atoms with Crippen LogP contribution in [0.1, 0.15) is 37.3 Å². The Morgan fingerprint density at radius 1 is 1.10 bits per heavy atom. The first-order chi connectivity index (χ1) is 20.4. The molecule has 3 aromatic rings. The molecule has 42 heavy (non-hydrogen) atoms. The smallest absolute Gasteiger partial charge is 0.259 e. The van der Waals surface area contributed by atoms with E-state index in [4.69, 9.17) is 14.7 Å². The van der Waals surface area contributed by atoms with Crippen LogP contribution < -0.4 is 15.4 Å². The first kappa shape index (κ1) is 29.0. The van der Waals surface area contributed by atoms with E-state index >= 15 is 0 Å². The van der Waals surface area contributed by atoms with E-state index in [1.54, 1.807) is 43.5 Å². The number of nitrogens with one attached hydrogen (secondary N) is 2. The van der Waals surface area contributed by atoms with Crippen molar-refractivity contribution in [3.8, 4) is 5.75 Å². The minimum Gasteiger partial charge on any atom is -0.497 e. The summed E-state index contributed by atoms with van der Waals surface area (Å²) in [7, 11) is 1.56. The van der Waals surface area contributed by atoms with Crippen LogP contribution in [0, 0.1) is 5.82 Å². The van der Waals surface area contributed by atoms with Gasteiger partial charge in [0.15, 0.2) is 5.17 Å². The molecule has 0 saturated carbocycles. The number of aliphatic imine (C=N–C) groups is 2. The predicted molar refractivity (Wildman–Crippen MR) is 161 cm³/mol. The second kappa shape index (κ2) is 13.0. The van der Waals surface area contributed by atoms with Gasteiger partial charge in [-0.05, 0) is 54.8 Å². The van der Waals surface area contributed by atoms with Gasteiger partial charge < -0.3 is 15.4 Å². The maximum atomic E-state index is 13.6. The number of ether oxygens (including phenoxy) is 1. The number of halogens is 1. The zero-order valence-electron chi connectivity index (χ0n) is 23.2. The molecule has 0 aromatic heterocycles. The molecule has 2 heterocycles. The second-order valence-corrected chi connectivity index (χ2v) is 10.9. The van der Waals surface area contributed by atoms with E-state index in [1.807, 2.05) is 31.2 Å². The normalized spacial score (nSPS) is 16.1. The summed E-state index contributed by atoms with van der Waals surface area (Å²) in [6, 6.07) is 19.6. The summed E-state index contributed by atoms with van der Waals surface area (Å²) in [5.74, 6) is -0.00257. The van der Waals surface area contributed by atoms with Gasteiger partial charge in [0.1, 0.15) is 23.4 Å². The number of para-hydroxylation sites is 1. The third-order valence-electron chi connectivity index (χ3n) is 6.84. The lowest BCUT2D eigenvalue weighted by Crippen LogP contribution is -2.42. The Hall–Kier alpha value is -4.51. The molecule has 9 nitrogen and oxygen atoms in total. The molecule has 0 fully saturated rings. The van der Waals surface area contributed by atoms with Gasteiger partial charge in [0.2, 0.25) is 11.8 Å². The average molecular weight is 588 g/mol. The Labute approximate surface area is 247 Å². The second-order valence-electron chi connectivity index (χ2n) is 9.73. The van der Waals surface area contributed by atoms with E-state index in [1.165, 1.54) is 28.8 Å². The van der Waals surface area contributed by atoms with Crippen molar-refractivity contribution < 1.29 is 23.5 Å². The fourth-order valence-electron chi connectivity index (χ4n) is 4.60. The highest BCUT2D eigenvalue weighted by Crippen LogP contribution is 2.36. The average Bonchev–Trinajstić information content (AvgIpc) is 3.34. The molecule has 2 N–H and O–H groups in total. The van der Waals surface area contributed by atoms with Crippen molar-refractivity contribution in [3.05, 3.63) is 89.7 Å². The zero-order chi connectivity index (χ0) is 29.6. The highest BCUT2D eigenvalue weighted by molar-refractivity contribution is 8.15. The van der Waals surface area contributed by atoms with Crippen LogP contribution in [0.25, 0.3) is 0 Å². The Morgan fingerprint density at radius 2 is 1.88 bits per heavy atom. The first-order valence-corrected chi connectivity index (χ1v) is 14.5. The van der Waals surface area contributed by atoms with Crippen molar-refractivity contribution in [2.24, 2.45) is 9.98 Å². The number of benzene rings is 3. The van der Waals surface area contributed by atoms with Crippen LogP contribution in [-0.2, 0) is 20.9 Å². The number of thioether (sulfide) groups is 1. The highest BCUT2D eigenvalue weighted by Gasteiger charge is 2.42. The van der Waals surface area contributed by atoms with Crippen molar-refractivity contribution in [1.29, 1.82) is 0 Å². The molecule has 0 spiro atoms. The molecule has 2 unspecified atom stereocenters. The van der Waals surface area contributed by atoms with Crippen LogP contribution in [0.15, 0.2) is 82.8 Å². The number of carbonyl (C=O) groups is 3. The molecule has 3 aromatic carbocycles. The van der Waals surface area contributed by atoms with E-state index in [-0.39, 0.29) is 42.9 Å². The molecule has 0 bridgehead atoms. The van der Waals surface area contributed by atoms with E-state index in [0.717, 1.165) is 5.56 Å². The fourth-order valence-corrected chi connectivity index (χ4v) is 5.62. The third-order valence-corrected chi connectivity index (χ3v) is 8.16. The molecule has 11 heteroatoms. The number of hydrogen-bond acceptors (Lipinski definition) is 7. The SMILES string of the molecule is CCC(SC1=Nc2ccccc2C2=NC(CCC(=O)NCc3ccc(F)cc3)C(=O)N12)C(=O)Nc1cccc(OC)c1. The quantitative estimate of drug-likeness (QED) is 0.345. The lowest BCUT2D eigenvalue weighted by molar-refractivity contribution is -0.125. The Morgan fingerprint density at radius 3 is 2.64 bits per heavy atom. The van der Waals surface area contributed by atoms with Crippen LogP contribution in [-0.4, -0.2) is 52.0 Å². The molecule has 0 saturated heterocycles. The van der Waals surface area contributed by atoms with Crippen molar-refractivity contribution in [3.63, 3.8) is 0 Å². The van der Waals surface area contributed by atoms with Gasteiger partial charge in [-0.2, -0.15) is 0 Å². The van der Waals surface area contributed by atoms with E-state index in [2.05, 4.69) is 10.6 Å². The largest absolute Gasteiger partial charge is 0.497 e. The number of hydrogen-bond donors (Lipinski definition) is 2. The van der Waals surface area contributed by atoms with E-state index < -0.39 is 11.3 Å². The summed E-state index contributed by atoms with van der Waals surface area (Å²) in [5.41, 5.74) is 2.75. The number of amides is 3. The molecule has 216 valence electrons. The molecular formula is C31H30FN5O4S. The van der Waals surface area contributed by atoms with Crippen molar-refractivity contribution in [2.45, 2.75) is 44.0 Å². The molecule has 0 radical (unpaired) electrons. The predicted octanol–water partition coefficient (Wildman–Crippen LogP) is 5.04. The summed E-state index contributed by atoms with van der Waals surface area (Å²) in [6.07, 6.45) is 0.791. The Kier molecular flexibility index (Phi) is 8.97. The van der Waals surface area contributed by atoms with Gasteiger partial charge in [-0.1, -0.05) is 49.0 Å². The maximum absolute atomic E-state index is 13.6. The number of anilines is 1.